The van der Waals surface area contributed by atoms with Crippen molar-refractivity contribution in [2.45, 2.75) is 44.7 Å². The van der Waals surface area contributed by atoms with Crippen LogP contribution in [-0.2, 0) is 9.47 Å². The Labute approximate surface area is 67.3 Å². The second kappa shape index (κ2) is 3.52. The number of aliphatic hydroxyl groups excluding tert-OH is 1. The minimum atomic E-state index is -0.476. The zero-order valence-electron chi connectivity index (χ0n) is 7.28. The average Bonchev–Trinajstić information content (AvgIpc) is 1.96. The lowest BCUT2D eigenvalue weighted by atomic mass is 9.99. The van der Waals surface area contributed by atoms with Crippen LogP contribution in [0.4, 0.5) is 0 Å². The molecular formula is C8H16O3. The standard InChI is InChI=1S/C8H16O3/c1-5-4-7(10-3)8(9)6(2)11-5/h5-9H,4H2,1-3H3/t5-,6-,7-,8?/m0/s1. The summed E-state index contributed by atoms with van der Waals surface area (Å²) in [6.45, 7) is 3.86. The molecule has 0 saturated carbocycles. The summed E-state index contributed by atoms with van der Waals surface area (Å²) in [5.41, 5.74) is 0. The predicted octanol–water partition coefficient (Wildman–Crippen LogP) is 0.560. The summed E-state index contributed by atoms with van der Waals surface area (Å²) >= 11 is 0. The summed E-state index contributed by atoms with van der Waals surface area (Å²) in [5.74, 6) is 0. The van der Waals surface area contributed by atoms with E-state index in [0.717, 1.165) is 6.42 Å². The number of hydrogen-bond donors (Lipinski definition) is 1. The Bertz CT molecular complexity index is 127. The van der Waals surface area contributed by atoms with E-state index in [1.165, 1.54) is 0 Å². The Morgan fingerprint density at radius 3 is 2.64 bits per heavy atom. The van der Waals surface area contributed by atoms with Gasteiger partial charge in [0.1, 0.15) is 6.10 Å². The molecule has 1 rings (SSSR count). The molecule has 11 heavy (non-hydrogen) atoms. The van der Waals surface area contributed by atoms with Crippen molar-refractivity contribution in [3.05, 3.63) is 0 Å². The summed E-state index contributed by atoms with van der Waals surface area (Å²) < 4.78 is 10.5. The first kappa shape index (κ1) is 8.97. The summed E-state index contributed by atoms with van der Waals surface area (Å²) in [6, 6.07) is 0. The highest BCUT2D eigenvalue weighted by Crippen LogP contribution is 2.21. The number of aliphatic hydroxyl groups is 1. The fourth-order valence-corrected chi connectivity index (χ4v) is 1.51. The largest absolute Gasteiger partial charge is 0.388 e. The van der Waals surface area contributed by atoms with Gasteiger partial charge in [-0.1, -0.05) is 0 Å². The van der Waals surface area contributed by atoms with Crippen LogP contribution in [0.2, 0.25) is 0 Å². The lowest BCUT2D eigenvalue weighted by Crippen LogP contribution is -2.46. The molecule has 0 amide bonds. The molecule has 1 heterocycles. The van der Waals surface area contributed by atoms with Crippen molar-refractivity contribution in [3.63, 3.8) is 0 Å². The Balaban J connectivity index is 2.51. The van der Waals surface area contributed by atoms with Gasteiger partial charge in [-0.25, -0.2) is 0 Å². The van der Waals surface area contributed by atoms with E-state index >= 15 is 0 Å². The van der Waals surface area contributed by atoms with Crippen LogP contribution in [0, 0.1) is 0 Å². The van der Waals surface area contributed by atoms with Crippen molar-refractivity contribution in [3.8, 4) is 0 Å². The Kier molecular flexibility index (Phi) is 2.87. The molecule has 3 heteroatoms. The van der Waals surface area contributed by atoms with Crippen LogP contribution in [0.25, 0.3) is 0 Å². The van der Waals surface area contributed by atoms with Crippen LogP contribution in [0.1, 0.15) is 20.3 Å². The fraction of sp³-hybridized carbons (Fsp3) is 1.00. The van der Waals surface area contributed by atoms with Crippen molar-refractivity contribution in [2.75, 3.05) is 7.11 Å². The molecule has 1 fully saturated rings. The monoisotopic (exact) mass is 160 g/mol. The van der Waals surface area contributed by atoms with Gasteiger partial charge in [-0.2, -0.15) is 0 Å². The van der Waals surface area contributed by atoms with E-state index < -0.39 is 6.10 Å². The molecule has 0 aliphatic carbocycles. The van der Waals surface area contributed by atoms with Gasteiger partial charge < -0.3 is 14.6 Å². The third-order valence-electron chi connectivity index (χ3n) is 2.18. The molecule has 0 bridgehead atoms. The molecule has 1 aliphatic heterocycles. The molecule has 1 unspecified atom stereocenters. The van der Waals surface area contributed by atoms with Crippen molar-refractivity contribution < 1.29 is 14.6 Å². The molecular weight excluding hydrogens is 144 g/mol. The predicted molar refractivity (Wildman–Crippen MR) is 41.4 cm³/mol. The van der Waals surface area contributed by atoms with Crippen molar-refractivity contribution in [1.82, 2.24) is 0 Å². The molecule has 0 spiro atoms. The first-order chi connectivity index (χ1) is 5.15. The normalized spacial score (nSPS) is 45.8. The summed E-state index contributed by atoms with van der Waals surface area (Å²) in [6.07, 6.45) is 0.328. The van der Waals surface area contributed by atoms with Gasteiger partial charge in [0.2, 0.25) is 0 Å². The lowest BCUT2D eigenvalue weighted by Gasteiger charge is -2.35. The van der Waals surface area contributed by atoms with Crippen LogP contribution < -0.4 is 0 Å². The van der Waals surface area contributed by atoms with E-state index in [1.54, 1.807) is 7.11 Å². The molecule has 0 aromatic carbocycles. The topological polar surface area (TPSA) is 38.7 Å². The molecule has 1 saturated heterocycles. The summed E-state index contributed by atoms with van der Waals surface area (Å²) in [7, 11) is 1.62. The summed E-state index contributed by atoms with van der Waals surface area (Å²) in [4.78, 5) is 0. The summed E-state index contributed by atoms with van der Waals surface area (Å²) in [5, 5.41) is 9.51. The van der Waals surface area contributed by atoms with Gasteiger partial charge in [0.05, 0.1) is 18.3 Å². The van der Waals surface area contributed by atoms with Crippen LogP contribution in [-0.4, -0.2) is 36.6 Å². The number of rotatable bonds is 1. The van der Waals surface area contributed by atoms with E-state index in [2.05, 4.69) is 0 Å². The van der Waals surface area contributed by atoms with Gasteiger partial charge in [0.25, 0.3) is 0 Å². The third kappa shape index (κ3) is 1.92. The highest BCUT2D eigenvalue weighted by atomic mass is 16.5. The maximum Gasteiger partial charge on any atom is 0.106 e. The Morgan fingerprint density at radius 2 is 2.09 bits per heavy atom. The maximum absolute atomic E-state index is 9.51. The van der Waals surface area contributed by atoms with Gasteiger partial charge in [-0.3, -0.25) is 0 Å². The highest BCUT2D eigenvalue weighted by molar-refractivity contribution is 4.82. The quantitative estimate of drug-likeness (QED) is 0.609. The smallest absolute Gasteiger partial charge is 0.106 e. The van der Waals surface area contributed by atoms with Gasteiger partial charge in [0, 0.05) is 13.5 Å². The zero-order chi connectivity index (χ0) is 8.43. The van der Waals surface area contributed by atoms with Crippen LogP contribution >= 0.6 is 0 Å². The zero-order valence-corrected chi connectivity index (χ0v) is 7.28. The molecule has 0 aromatic heterocycles. The van der Waals surface area contributed by atoms with Crippen LogP contribution in [0.5, 0.6) is 0 Å². The van der Waals surface area contributed by atoms with Gasteiger partial charge >= 0.3 is 0 Å². The molecule has 0 radical (unpaired) electrons. The molecule has 0 aromatic rings. The van der Waals surface area contributed by atoms with E-state index in [9.17, 15) is 5.11 Å². The maximum atomic E-state index is 9.51. The van der Waals surface area contributed by atoms with E-state index in [1.807, 2.05) is 13.8 Å². The molecule has 4 atom stereocenters. The minimum absolute atomic E-state index is 0.0613. The fourth-order valence-electron chi connectivity index (χ4n) is 1.51. The van der Waals surface area contributed by atoms with E-state index in [-0.39, 0.29) is 18.3 Å². The lowest BCUT2D eigenvalue weighted by molar-refractivity contribution is -0.165. The van der Waals surface area contributed by atoms with Gasteiger partial charge in [0.15, 0.2) is 0 Å². The highest BCUT2D eigenvalue weighted by Gasteiger charge is 2.33. The number of hydrogen-bond acceptors (Lipinski definition) is 3. The second-order valence-electron chi connectivity index (χ2n) is 3.15. The molecule has 1 N–H and O–H groups in total. The van der Waals surface area contributed by atoms with Gasteiger partial charge in [-0.05, 0) is 13.8 Å². The molecule has 66 valence electrons. The molecule has 1 aliphatic rings. The van der Waals surface area contributed by atoms with E-state index in [4.69, 9.17) is 9.47 Å². The molecule has 3 nitrogen and oxygen atoms in total. The van der Waals surface area contributed by atoms with Crippen molar-refractivity contribution >= 4 is 0 Å². The Hall–Kier alpha value is -0.120. The van der Waals surface area contributed by atoms with Crippen LogP contribution in [0.15, 0.2) is 0 Å². The Morgan fingerprint density at radius 1 is 1.45 bits per heavy atom. The van der Waals surface area contributed by atoms with Gasteiger partial charge in [-0.15, -0.1) is 0 Å². The van der Waals surface area contributed by atoms with Crippen LogP contribution in [0.3, 0.4) is 0 Å². The van der Waals surface area contributed by atoms with E-state index in [0.29, 0.717) is 0 Å². The SMILES string of the molecule is CO[C@H]1C[C@H](C)O[C@@H](C)C1O. The first-order valence-electron chi connectivity index (χ1n) is 4.01. The third-order valence-corrected chi connectivity index (χ3v) is 2.18. The number of methoxy groups -OCH3 is 1. The van der Waals surface area contributed by atoms with Crippen molar-refractivity contribution in [2.24, 2.45) is 0 Å². The first-order valence-corrected chi connectivity index (χ1v) is 4.01. The second-order valence-corrected chi connectivity index (χ2v) is 3.15. The average molecular weight is 160 g/mol. The minimum Gasteiger partial charge on any atom is -0.388 e. The number of ether oxygens (including phenoxy) is 2. The van der Waals surface area contributed by atoms with Crippen molar-refractivity contribution in [1.29, 1.82) is 0 Å².